The molecule has 0 aliphatic heterocycles. The van der Waals surface area contributed by atoms with Gasteiger partial charge in [-0.25, -0.2) is 4.98 Å². The minimum Gasteiger partial charge on any atom is -0.508 e. The van der Waals surface area contributed by atoms with Gasteiger partial charge in [0.05, 0.1) is 6.54 Å². The van der Waals surface area contributed by atoms with Crippen LogP contribution in [0.3, 0.4) is 0 Å². The van der Waals surface area contributed by atoms with E-state index in [2.05, 4.69) is 10.3 Å². The van der Waals surface area contributed by atoms with E-state index in [0.29, 0.717) is 12.4 Å². The number of nitrogens with zero attached hydrogens (tertiary/aromatic N) is 2. The Morgan fingerprint density at radius 2 is 1.94 bits per heavy atom. The number of aromatic hydroxyl groups is 1. The van der Waals surface area contributed by atoms with Crippen molar-refractivity contribution in [2.45, 2.75) is 19.6 Å². The first-order valence-electron chi connectivity index (χ1n) is 5.45. The fraction of sp³-hybridized carbons (Fsp3) is 0.250. The van der Waals surface area contributed by atoms with Crippen LogP contribution in [0.4, 0.5) is 8.78 Å². The lowest BCUT2D eigenvalue weighted by molar-refractivity contribution is 0.0666. The summed E-state index contributed by atoms with van der Waals surface area (Å²) in [5, 5.41) is 12.1. The summed E-state index contributed by atoms with van der Waals surface area (Å²) in [6, 6.07) is 6.69. The molecule has 0 atom stereocenters. The molecule has 1 heterocycles. The molecule has 0 spiro atoms. The number of hydrogen-bond acceptors (Lipinski definition) is 3. The van der Waals surface area contributed by atoms with Crippen molar-refractivity contribution in [1.82, 2.24) is 14.9 Å². The first kappa shape index (κ1) is 12.5. The minimum atomic E-state index is -2.57. The maximum Gasteiger partial charge on any atom is 0.319 e. The Hall–Kier alpha value is -1.95. The van der Waals surface area contributed by atoms with Crippen LogP contribution < -0.4 is 5.32 Å². The third kappa shape index (κ3) is 3.04. The monoisotopic (exact) mass is 253 g/mol. The number of phenolic OH excluding ortho intramolecular Hbond substituents is 1. The maximum atomic E-state index is 12.5. The number of rotatable bonds is 5. The van der Waals surface area contributed by atoms with Crippen molar-refractivity contribution in [3.63, 3.8) is 0 Å². The second-order valence-corrected chi connectivity index (χ2v) is 3.80. The second-order valence-electron chi connectivity index (χ2n) is 3.80. The van der Waals surface area contributed by atoms with Gasteiger partial charge in [-0.15, -0.1) is 0 Å². The third-order valence-corrected chi connectivity index (χ3v) is 2.51. The molecule has 1 aromatic heterocycles. The fourth-order valence-corrected chi connectivity index (χ4v) is 1.59. The summed E-state index contributed by atoms with van der Waals surface area (Å²) in [6.45, 7) is -1.79. The largest absolute Gasteiger partial charge is 0.508 e. The molecule has 2 rings (SSSR count). The molecule has 18 heavy (non-hydrogen) atoms. The Morgan fingerprint density at radius 1 is 1.22 bits per heavy atom. The Morgan fingerprint density at radius 3 is 2.61 bits per heavy atom. The third-order valence-electron chi connectivity index (χ3n) is 2.51. The van der Waals surface area contributed by atoms with Crippen LogP contribution in [0.2, 0.25) is 0 Å². The van der Waals surface area contributed by atoms with Crippen molar-refractivity contribution in [3.8, 4) is 5.75 Å². The second kappa shape index (κ2) is 5.59. The molecule has 6 heteroatoms. The molecule has 96 valence electrons. The van der Waals surface area contributed by atoms with Crippen LogP contribution in [0, 0.1) is 0 Å². The minimum absolute atomic E-state index is 0.201. The SMILES string of the molecule is Oc1ccc(CNCc2nccn2C(F)F)cc1. The van der Waals surface area contributed by atoms with Gasteiger partial charge in [0, 0.05) is 18.9 Å². The Balaban J connectivity index is 1.88. The topological polar surface area (TPSA) is 50.1 Å². The highest BCUT2D eigenvalue weighted by Gasteiger charge is 2.10. The maximum absolute atomic E-state index is 12.5. The zero-order valence-electron chi connectivity index (χ0n) is 9.55. The molecule has 0 amide bonds. The van der Waals surface area contributed by atoms with Crippen LogP contribution >= 0.6 is 0 Å². The van der Waals surface area contributed by atoms with Crippen molar-refractivity contribution in [2.75, 3.05) is 0 Å². The molecule has 0 saturated carbocycles. The van der Waals surface area contributed by atoms with E-state index in [9.17, 15) is 8.78 Å². The number of halogens is 2. The summed E-state index contributed by atoms with van der Waals surface area (Å²) in [7, 11) is 0. The molecular formula is C12H13F2N3O. The smallest absolute Gasteiger partial charge is 0.319 e. The number of phenols is 1. The average molecular weight is 253 g/mol. The molecular weight excluding hydrogens is 240 g/mol. The summed E-state index contributed by atoms with van der Waals surface area (Å²) < 4.78 is 25.9. The standard InChI is InChI=1S/C12H13F2N3O/c13-12(14)17-6-5-16-11(17)8-15-7-9-1-3-10(18)4-2-9/h1-6,12,15,18H,7-8H2. The van der Waals surface area contributed by atoms with Gasteiger partial charge in [0.15, 0.2) is 0 Å². The zero-order chi connectivity index (χ0) is 13.0. The van der Waals surface area contributed by atoms with E-state index in [-0.39, 0.29) is 12.3 Å². The van der Waals surface area contributed by atoms with E-state index < -0.39 is 6.55 Å². The highest BCUT2D eigenvalue weighted by atomic mass is 19.3. The lowest BCUT2D eigenvalue weighted by Crippen LogP contribution is -2.16. The Kier molecular flexibility index (Phi) is 3.88. The quantitative estimate of drug-likeness (QED) is 0.859. The van der Waals surface area contributed by atoms with E-state index in [1.807, 2.05) is 0 Å². The predicted molar refractivity (Wildman–Crippen MR) is 62.1 cm³/mol. The predicted octanol–water partition coefficient (Wildman–Crippen LogP) is 2.27. The van der Waals surface area contributed by atoms with E-state index in [1.54, 1.807) is 24.3 Å². The molecule has 2 aromatic rings. The summed E-state index contributed by atoms with van der Waals surface area (Å²) in [5.41, 5.74) is 0.961. The van der Waals surface area contributed by atoms with Gasteiger partial charge < -0.3 is 10.4 Å². The van der Waals surface area contributed by atoms with E-state index in [0.717, 1.165) is 10.1 Å². The Bertz CT molecular complexity index is 496. The molecule has 0 radical (unpaired) electrons. The Labute approximate surface area is 103 Å². The molecule has 0 aliphatic rings. The molecule has 0 unspecified atom stereocenters. The van der Waals surface area contributed by atoms with Crippen molar-refractivity contribution < 1.29 is 13.9 Å². The van der Waals surface area contributed by atoms with Crippen LogP contribution in [0.1, 0.15) is 17.9 Å². The number of aromatic nitrogens is 2. The van der Waals surface area contributed by atoms with Gasteiger partial charge in [-0.3, -0.25) is 4.57 Å². The molecule has 2 N–H and O–H groups in total. The zero-order valence-corrected chi connectivity index (χ0v) is 9.55. The van der Waals surface area contributed by atoms with Gasteiger partial charge in [0.25, 0.3) is 0 Å². The lowest BCUT2D eigenvalue weighted by atomic mass is 10.2. The number of nitrogens with one attached hydrogen (secondary N) is 1. The summed E-state index contributed by atoms with van der Waals surface area (Å²) in [6.07, 6.45) is 2.60. The van der Waals surface area contributed by atoms with Crippen LogP contribution in [0.25, 0.3) is 0 Å². The summed E-state index contributed by atoms with van der Waals surface area (Å²) >= 11 is 0. The molecule has 0 saturated heterocycles. The molecule has 4 nitrogen and oxygen atoms in total. The highest BCUT2D eigenvalue weighted by Crippen LogP contribution is 2.12. The highest BCUT2D eigenvalue weighted by molar-refractivity contribution is 5.25. The molecule has 0 bridgehead atoms. The number of benzene rings is 1. The van der Waals surface area contributed by atoms with Crippen LogP contribution in [-0.4, -0.2) is 14.7 Å². The van der Waals surface area contributed by atoms with Gasteiger partial charge in [-0.2, -0.15) is 8.78 Å². The first-order chi connectivity index (χ1) is 8.66. The summed E-state index contributed by atoms with van der Waals surface area (Å²) in [5.74, 6) is 0.496. The van der Waals surface area contributed by atoms with Crippen LogP contribution in [-0.2, 0) is 13.1 Å². The van der Waals surface area contributed by atoms with Gasteiger partial charge >= 0.3 is 6.55 Å². The van der Waals surface area contributed by atoms with Crippen LogP contribution in [0.15, 0.2) is 36.7 Å². The molecule has 0 fully saturated rings. The number of hydrogen-bond donors (Lipinski definition) is 2. The summed E-state index contributed by atoms with van der Waals surface area (Å²) in [4.78, 5) is 3.86. The fourth-order valence-electron chi connectivity index (χ4n) is 1.59. The van der Waals surface area contributed by atoms with Gasteiger partial charge in [0.2, 0.25) is 0 Å². The first-order valence-corrected chi connectivity index (χ1v) is 5.45. The van der Waals surface area contributed by atoms with E-state index in [1.165, 1.54) is 12.4 Å². The molecule has 1 aromatic carbocycles. The van der Waals surface area contributed by atoms with Crippen molar-refractivity contribution in [3.05, 3.63) is 48.0 Å². The van der Waals surface area contributed by atoms with Crippen molar-refractivity contribution in [1.29, 1.82) is 0 Å². The molecule has 0 aliphatic carbocycles. The lowest BCUT2D eigenvalue weighted by Gasteiger charge is -2.07. The van der Waals surface area contributed by atoms with E-state index in [4.69, 9.17) is 5.11 Å². The van der Waals surface area contributed by atoms with Crippen molar-refractivity contribution in [2.24, 2.45) is 0 Å². The normalized spacial score (nSPS) is 11.1. The van der Waals surface area contributed by atoms with Gasteiger partial charge in [-0.05, 0) is 17.7 Å². The number of alkyl halides is 2. The van der Waals surface area contributed by atoms with Crippen molar-refractivity contribution >= 4 is 0 Å². The number of imidazole rings is 1. The van der Waals surface area contributed by atoms with Gasteiger partial charge in [-0.1, -0.05) is 12.1 Å². The van der Waals surface area contributed by atoms with Crippen LogP contribution in [0.5, 0.6) is 5.75 Å². The van der Waals surface area contributed by atoms with Gasteiger partial charge in [0.1, 0.15) is 11.6 Å². The average Bonchev–Trinajstić information content (AvgIpc) is 2.80. The van der Waals surface area contributed by atoms with E-state index >= 15 is 0 Å².